The Bertz CT molecular complexity index is 559. The molecular formula is C9H12N5O5S2+. The maximum atomic E-state index is 12.4. The van der Waals surface area contributed by atoms with Gasteiger partial charge in [0.05, 0.1) is 18.2 Å². The van der Waals surface area contributed by atoms with E-state index in [0.29, 0.717) is 0 Å². The number of nitrogens with zero attached hydrogens (tertiary/aromatic N) is 2. The molecule has 1 spiro atoms. The van der Waals surface area contributed by atoms with Crippen molar-refractivity contribution >= 4 is 47.6 Å². The van der Waals surface area contributed by atoms with Crippen molar-refractivity contribution in [2.24, 2.45) is 5.73 Å². The van der Waals surface area contributed by atoms with Crippen LogP contribution in [0.1, 0.15) is 6.42 Å². The van der Waals surface area contributed by atoms with E-state index in [0.717, 1.165) is 28.9 Å². The van der Waals surface area contributed by atoms with Gasteiger partial charge in [0, 0.05) is 3.51 Å². The van der Waals surface area contributed by atoms with Crippen LogP contribution >= 0.6 is 23.9 Å². The van der Waals surface area contributed by atoms with E-state index in [1.807, 2.05) is 0 Å². The van der Waals surface area contributed by atoms with Crippen LogP contribution in [0.25, 0.3) is 0 Å². The molecule has 3 heterocycles. The summed E-state index contributed by atoms with van der Waals surface area (Å²) in [5, 5.41) is 11.7. The van der Waals surface area contributed by atoms with Crippen LogP contribution in [0.15, 0.2) is 0 Å². The van der Waals surface area contributed by atoms with Crippen LogP contribution < -0.4 is 16.5 Å². The van der Waals surface area contributed by atoms with Crippen molar-refractivity contribution in [2.75, 3.05) is 5.75 Å². The molecule has 4 atom stereocenters. The Hall–Kier alpha value is -1.50. The molecule has 0 aromatic rings. The summed E-state index contributed by atoms with van der Waals surface area (Å²) >= 11 is 2.05. The maximum Gasteiger partial charge on any atom is 0.333 e. The molecule has 0 aromatic carbocycles. The summed E-state index contributed by atoms with van der Waals surface area (Å²) in [6.45, 7) is 0. The fourth-order valence-corrected chi connectivity index (χ4v) is 5.17. The Labute approximate surface area is 127 Å². The van der Waals surface area contributed by atoms with E-state index in [9.17, 15) is 24.3 Å². The molecule has 114 valence electrons. The van der Waals surface area contributed by atoms with Crippen molar-refractivity contribution in [2.45, 2.75) is 23.9 Å². The number of rotatable bonds is 1. The molecule has 3 aliphatic rings. The monoisotopic (exact) mass is 334 g/mol. The van der Waals surface area contributed by atoms with Gasteiger partial charge >= 0.3 is 11.9 Å². The summed E-state index contributed by atoms with van der Waals surface area (Å²) < 4.78 is -0.424. The Kier molecular flexibility index (Phi) is 3.27. The van der Waals surface area contributed by atoms with Gasteiger partial charge in [0.1, 0.15) is 11.9 Å². The van der Waals surface area contributed by atoms with Gasteiger partial charge in [-0.05, 0) is 0 Å². The Balaban J connectivity index is 1.99. The number of carboxylic acids is 1. The average Bonchev–Trinajstić information content (AvgIpc) is 2.86. The Morgan fingerprint density at radius 2 is 2.14 bits per heavy atom. The molecule has 4 unspecified atom stereocenters. The molecule has 21 heavy (non-hydrogen) atoms. The molecule has 0 radical (unpaired) electrons. The van der Waals surface area contributed by atoms with E-state index < -0.39 is 44.7 Å². The highest BCUT2D eigenvalue weighted by Crippen LogP contribution is 2.49. The van der Waals surface area contributed by atoms with E-state index in [2.05, 4.69) is 10.7 Å². The summed E-state index contributed by atoms with van der Waals surface area (Å²) in [4.78, 5) is 47.4. The van der Waals surface area contributed by atoms with Gasteiger partial charge in [-0.2, -0.15) is 5.43 Å². The third-order valence-corrected chi connectivity index (χ3v) is 5.99. The van der Waals surface area contributed by atoms with Gasteiger partial charge in [0.15, 0.2) is 18.0 Å². The van der Waals surface area contributed by atoms with Crippen LogP contribution in [-0.4, -0.2) is 60.5 Å². The van der Waals surface area contributed by atoms with Crippen molar-refractivity contribution in [3.8, 4) is 0 Å². The number of hydrogen-bond donors (Lipinski definition) is 4. The van der Waals surface area contributed by atoms with Crippen LogP contribution in [0.3, 0.4) is 0 Å². The second-order valence-electron chi connectivity index (χ2n) is 4.69. The van der Waals surface area contributed by atoms with Gasteiger partial charge in [-0.25, -0.2) is 4.79 Å². The molecule has 0 aromatic heterocycles. The van der Waals surface area contributed by atoms with Crippen LogP contribution in [0.5, 0.6) is 0 Å². The number of hydrogen-bond acceptors (Lipinski definition) is 7. The first-order valence-corrected chi connectivity index (χ1v) is 7.77. The SMILES string of the molecule is NC1CC(=O)N[N+]23SCC(C(=O)O)N2C(=O)C(NC1=O)S3. The van der Waals surface area contributed by atoms with Crippen molar-refractivity contribution in [3.63, 3.8) is 0 Å². The Morgan fingerprint density at radius 3 is 2.81 bits per heavy atom. The van der Waals surface area contributed by atoms with Crippen LogP contribution in [0.2, 0.25) is 0 Å². The predicted molar refractivity (Wildman–Crippen MR) is 71.2 cm³/mol. The molecule has 2 bridgehead atoms. The molecule has 3 rings (SSSR count). The number of aliphatic carboxylic acids is 1. The zero-order valence-electron chi connectivity index (χ0n) is 10.5. The van der Waals surface area contributed by atoms with Gasteiger partial charge in [0.25, 0.3) is 5.91 Å². The highest BCUT2D eigenvalue weighted by Gasteiger charge is 2.67. The summed E-state index contributed by atoms with van der Waals surface area (Å²) in [7, 11) is 0. The first kappa shape index (κ1) is 14.4. The lowest BCUT2D eigenvalue weighted by Gasteiger charge is -2.28. The number of amides is 3. The second-order valence-corrected chi connectivity index (χ2v) is 7.25. The highest BCUT2D eigenvalue weighted by molar-refractivity contribution is 8.07. The molecule has 0 saturated carbocycles. The smallest absolute Gasteiger partial charge is 0.333 e. The van der Waals surface area contributed by atoms with E-state index in [4.69, 9.17) is 5.73 Å². The topological polar surface area (TPSA) is 142 Å². The second kappa shape index (κ2) is 4.76. The molecule has 0 aliphatic carbocycles. The molecule has 5 N–H and O–H groups in total. The minimum atomic E-state index is -1.16. The molecule has 3 aliphatic heterocycles. The van der Waals surface area contributed by atoms with Gasteiger partial charge in [0.2, 0.25) is 11.3 Å². The number of nitrogens with one attached hydrogen (secondary N) is 2. The standard InChI is InChI=1S/C9H11N5O5S2/c10-3-1-5(15)12-14-13(4(2-20-14)9(18)19)8(17)7(21-14)11-6(3)16/h3-4,7H,1-2,10H2,(H2-,11,12,15,16,18,19)/p+1. The molecule has 12 heteroatoms. The lowest BCUT2D eigenvalue weighted by molar-refractivity contribution is -0.804. The summed E-state index contributed by atoms with van der Waals surface area (Å²) in [5.41, 5.74) is 8.17. The third-order valence-electron chi connectivity index (χ3n) is 3.25. The zero-order valence-corrected chi connectivity index (χ0v) is 12.1. The number of fused-ring (bicyclic) bond motifs is 1. The van der Waals surface area contributed by atoms with Crippen molar-refractivity contribution in [1.82, 2.24) is 15.8 Å². The van der Waals surface area contributed by atoms with E-state index in [1.165, 1.54) is 0 Å². The zero-order chi connectivity index (χ0) is 15.4. The normalized spacial score (nSPS) is 39.0. The number of carbonyl (C=O) groups excluding carboxylic acids is 3. The lowest BCUT2D eigenvalue weighted by Crippen LogP contribution is -2.60. The predicted octanol–water partition coefficient (Wildman–Crippen LogP) is -2.47. The average molecular weight is 334 g/mol. The van der Waals surface area contributed by atoms with Crippen LogP contribution in [0.4, 0.5) is 0 Å². The number of carbonyl (C=O) groups is 4. The van der Waals surface area contributed by atoms with Crippen molar-refractivity contribution in [1.29, 1.82) is 0 Å². The Morgan fingerprint density at radius 1 is 1.43 bits per heavy atom. The van der Waals surface area contributed by atoms with Gasteiger partial charge in [-0.15, -0.1) is 5.01 Å². The highest BCUT2D eigenvalue weighted by atomic mass is 32.2. The minimum Gasteiger partial charge on any atom is -0.480 e. The van der Waals surface area contributed by atoms with E-state index in [-0.39, 0.29) is 12.2 Å². The van der Waals surface area contributed by atoms with Crippen LogP contribution in [0, 0.1) is 0 Å². The minimum absolute atomic E-state index is 0.140. The molecule has 3 fully saturated rings. The first-order chi connectivity index (χ1) is 9.84. The summed E-state index contributed by atoms with van der Waals surface area (Å²) in [5.74, 6) is -2.73. The number of carboxylic acid groups (broad SMARTS) is 1. The number of nitrogens with two attached hydrogens (primary N) is 1. The van der Waals surface area contributed by atoms with Gasteiger partial charge in [-0.3, -0.25) is 14.4 Å². The fourth-order valence-electron chi connectivity index (χ4n) is 2.27. The maximum absolute atomic E-state index is 12.4. The fraction of sp³-hybridized carbons (Fsp3) is 0.556. The molecule has 3 amide bonds. The quantitative estimate of drug-likeness (QED) is 0.305. The number of quaternary nitrogens is 1. The van der Waals surface area contributed by atoms with E-state index in [1.54, 1.807) is 0 Å². The molecule has 3 saturated heterocycles. The lowest BCUT2D eigenvalue weighted by atomic mass is 10.2. The summed E-state index contributed by atoms with van der Waals surface area (Å²) in [6.07, 6.45) is -0.237. The largest absolute Gasteiger partial charge is 0.480 e. The van der Waals surface area contributed by atoms with Gasteiger partial charge in [-0.1, -0.05) is 0 Å². The van der Waals surface area contributed by atoms with Crippen molar-refractivity contribution < 1.29 is 27.8 Å². The summed E-state index contributed by atoms with van der Waals surface area (Å²) in [6, 6.07) is -2.11. The molecular weight excluding hydrogens is 322 g/mol. The van der Waals surface area contributed by atoms with Crippen LogP contribution in [-0.2, 0) is 19.2 Å². The third kappa shape index (κ3) is 2.14. The van der Waals surface area contributed by atoms with Gasteiger partial charge < -0.3 is 16.2 Å². The van der Waals surface area contributed by atoms with Crippen molar-refractivity contribution in [3.05, 3.63) is 0 Å². The van der Waals surface area contributed by atoms with E-state index >= 15 is 0 Å². The first-order valence-electron chi connectivity index (χ1n) is 5.99. The molecule has 10 nitrogen and oxygen atoms in total.